The van der Waals surface area contributed by atoms with Gasteiger partial charge >= 0.3 is 39.6 Å². The zero-order valence-corrected chi connectivity index (χ0v) is 54.5. The number of imidazole rings is 1. The van der Waals surface area contributed by atoms with Gasteiger partial charge in [0.2, 0.25) is 17.7 Å². The fourth-order valence-corrected chi connectivity index (χ4v) is 12.3. The summed E-state index contributed by atoms with van der Waals surface area (Å²) < 4.78 is 60.9. The smallest absolute Gasteiger partial charge is 0.741 e. The van der Waals surface area contributed by atoms with Crippen LogP contribution < -0.4 is 31.2 Å². The third-order valence-electron chi connectivity index (χ3n) is 17.0. The summed E-state index contributed by atoms with van der Waals surface area (Å²) in [6.07, 6.45) is 13.9. The number of anilines is 4. The number of halogens is 3. The van der Waals surface area contributed by atoms with Crippen molar-refractivity contribution in [3.8, 4) is 44.5 Å². The van der Waals surface area contributed by atoms with Crippen molar-refractivity contribution < 1.29 is 79.5 Å². The van der Waals surface area contributed by atoms with Gasteiger partial charge in [-0.25, -0.2) is 23.4 Å². The van der Waals surface area contributed by atoms with Crippen LogP contribution in [0.3, 0.4) is 0 Å². The van der Waals surface area contributed by atoms with Crippen LogP contribution in [0.5, 0.6) is 0 Å². The molecule has 498 valence electrons. The number of nitrogens with zero attached hydrogens (tertiary/aromatic N) is 9. The summed E-state index contributed by atoms with van der Waals surface area (Å²) in [7, 11) is -6.09. The first-order valence-corrected chi connectivity index (χ1v) is 32.3. The Morgan fingerprint density at radius 2 is 0.897 bits per heavy atom. The van der Waals surface area contributed by atoms with Crippen LogP contribution >= 0.6 is 0 Å². The summed E-state index contributed by atoms with van der Waals surface area (Å²) in [5.41, 5.74) is 8.06. The molecule has 1 fully saturated rings. The Morgan fingerprint density at radius 3 is 1.28 bits per heavy atom. The average molecular weight is 1420 g/mol. The third-order valence-corrected chi connectivity index (χ3v) is 17.6. The minimum absolute atomic E-state index is 0. The summed E-state index contributed by atoms with van der Waals surface area (Å²) in [6, 6.07) is 46.4. The van der Waals surface area contributed by atoms with E-state index in [0.717, 1.165) is 5.56 Å². The molecule has 9 aromatic rings. The SMILES string of the molecule is O=C1CCN2CCN3CCC(=O)Nc4ccccc4-c4c5nc(c(-c6ccccc6NC(=O)c6cccc(Cn7ccnc7)c6)c6ccc([n-]6)c(c6nc(c(c7ccc4[n-]7)-c4ccccc4N1)C=C6)-c1ccccc1NC(=O)CCN(CC2)CC3)C=C5.O=S(=O)([O-])C(F)(F)F.[Cu+].[Fe+2]. The number of amides is 4. The third kappa shape index (κ3) is 15.6. The maximum Gasteiger partial charge on any atom is 2.00 e. The van der Waals surface area contributed by atoms with E-state index in [1.165, 1.54) is 0 Å². The number of rotatable bonds is 5. The van der Waals surface area contributed by atoms with Crippen molar-refractivity contribution in [1.29, 1.82) is 0 Å². The summed E-state index contributed by atoms with van der Waals surface area (Å²) in [4.78, 5) is 91.2. The Bertz CT molecular complexity index is 4780. The summed E-state index contributed by atoms with van der Waals surface area (Å²) >= 11 is 0. The zero-order valence-electron chi connectivity index (χ0n) is 51.7. The molecule has 26 heteroatoms. The number of carbonyl (C=O) groups is 4. The number of fused-ring (bicyclic) bond motifs is 17. The van der Waals surface area contributed by atoms with Crippen LogP contribution in [0.25, 0.3) is 90.9 Å². The van der Waals surface area contributed by atoms with Gasteiger partial charge < -0.3 is 55.1 Å². The molecule has 5 aliphatic rings. The van der Waals surface area contributed by atoms with Crippen molar-refractivity contribution in [3.05, 3.63) is 198 Å². The number of hydrogen-bond acceptors (Lipinski definition) is 13. The molecule has 0 spiro atoms. The van der Waals surface area contributed by atoms with E-state index in [2.05, 4.69) is 41.0 Å². The summed E-state index contributed by atoms with van der Waals surface area (Å²) in [6.45, 7) is 6.19. The minimum Gasteiger partial charge on any atom is -0.741 e. The Hall–Kier alpha value is -9.59. The van der Waals surface area contributed by atoms with Crippen LogP contribution in [0.2, 0.25) is 0 Å². The molecule has 14 rings (SSSR count). The fourth-order valence-electron chi connectivity index (χ4n) is 12.3. The summed E-state index contributed by atoms with van der Waals surface area (Å²) in [5.74, 6) is -0.735. The van der Waals surface area contributed by atoms with Gasteiger partial charge in [-0.3, -0.25) is 19.2 Å². The van der Waals surface area contributed by atoms with Crippen LogP contribution in [0.1, 0.15) is 58.0 Å². The van der Waals surface area contributed by atoms with Gasteiger partial charge in [-0.05, 0) is 88.5 Å². The number of aromatic nitrogens is 6. The van der Waals surface area contributed by atoms with E-state index in [9.17, 15) is 32.3 Å². The van der Waals surface area contributed by atoms with Gasteiger partial charge in [0.1, 0.15) is 0 Å². The molecule has 1 saturated heterocycles. The predicted molar refractivity (Wildman–Crippen MR) is 359 cm³/mol. The second kappa shape index (κ2) is 29.8. The van der Waals surface area contributed by atoms with E-state index in [0.29, 0.717) is 183 Å². The molecule has 97 heavy (non-hydrogen) atoms. The Labute approximate surface area is 577 Å². The van der Waals surface area contributed by atoms with Crippen molar-refractivity contribution in [1.82, 2.24) is 44.2 Å². The standard InChI is InChI=1S/C70H63N13O4.CHF3O3S.Cu.Fe/c84-63-28-32-80-36-38-81-33-29-64(85)77-52-17-6-2-13-48(52)67-57-22-20-55(72-57)66(47-12-1-5-16-51(47)76-63)56-21-23-58(73-56)68(49-14-3-7-18-53(49)78-65(86)30-34-82(39-37-80)41-40-81)60-25-27-62(75-60)69(61-26-24-59(67)74-61)50-15-4-8-19-54(50)79-70(87)46-11-9-10-45(42-46)43-83-35-31-71-44-83;2-1(3,4)8(5,6)7;;/h1-27,31,35,42,44H,28-30,32-34,36-41,43H2,(H6,72,73,74,75,76,77,78,79,84,85,86,87);(H,5,6,7);;/q;;+1;+2/p-3. The average Bonchev–Trinajstić information content (AvgIpc) is 1.63. The molecular formula is C71H61CuF3FeN13O7S. The minimum atomic E-state index is -6.09. The number of alkyl halides is 3. The Morgan fingerprint density at radius 1 is 0.526 bits per heavy atom. The normalized spacial score (nSPS) is 17.1. The first kappa shape index (κ1) is 68.8. The van der Waals surface area contributed by atoms with Crippen LogP contribution in [0.15, 0.2) is 164 Å². The van der Waals surface area contributed by atoms with Crippen LogP contribution in [0.4, 0.5) is 35.9 Å². The van der Waals surface area contributed by atoms with Gasteiger partial charge in [0, 0.05) is 148 Å². The molecular weight excluding hydrogens is 1360 g/mol. The van der Waals surface area contributed by atoms with Crippen LogP contribution in [0, 0.1) is 0 Å². The second-order valence-electron chi connectivity index (χ2n) is 23.3. The van der Waals surface area contributed by atoms with E-state index in [1.807, 2.05) is 175 Å². The van der Waals surface area contributed by atoms with Gasteiger partial charge in [-0.1, -0.05) is 109 Å². The maximum absolute atomic E-state index is 14.5. The van der Waals surface area contributed by atoms with Crippen molar-refractivity contribution in [2.45, 2.75) is 31.3 Å². The topological polar surface area (TPSA) is 255 Å². The van der Waals surface area contributed by atoms with Crippen LogP contribution in [-0.2, 0) is 65.2 Å². The molecule has 20 nitrogen and oxygen atoms in total. The molecule has 3 atom stereocenters. The van der Waals surface area contributed by atoms with Gasteiger partial charge in [-0.2, -0.15) is 13.2 Å². The second-order valence-corrected chi connectivity index (χ2v) is 24.6. The quantitative estimate of drug-likeness (QED) is 0.0710. The molecule has 4 N–H and O–H groups in total. The van der Waals surface area contributed by atoms with Crippen molar-refractivity contribution in [2.75, 3.05) is 80.2 Å². The molecule has 4 amide bonds. The molecule has 9 heterocycles. The van der Waals surface area contributed by atoms with Crippen molar-refractivity contribution in [2.24, 2.45) is 0 Å². The molecule has 3 unspecified atom stereocenters. The first-order valence-electron chi connectivity index (χ1n) is 30.8. The number of carbonyl (C=O) groups excluding carboxylic acids is 4. The summed E-state index contributed by atoms with van der Waals surface area (Å²) in [5, 5.41) is 13.2. The number of nitrogens with one attached hydrogen (secondary N) is 4. The maximum atomic E-state index is 14.5. The molecule has 0 aliphatic carbocycles. The largest absolute Gasteiger partial charge is 2.00 e. The molecule has 0 saturated carbocycles. The Balaban J connectivity index is 0.000000899. The molecule has 5 aliphatic heterocycles. The zero-order chi connectivity index (χ0) is 65.8. The van der Waals surface area contributed by atoms with E-state index < -0.39 is 15.6 Å². The van der Waals surface area contributed by atoms with E-state index in [-0.39, 0.29) is 77.0 Å². The molecule has 14 bridgehead atoms. The van der Waals surface area contributed by atoms with E-state index >= 15 is 0 Å². The fraction of sp³-hybridized carbons (Fsp3) is 0.197. The monoisotopic (exact) mass is 1420 g/mol. The van der Waals surface area contributed by atoms with Crippen LogP contribution in [-0.4, -0.2) is 135 Å². The Kier molecular flexibility index (Phi) is 21.1. The van der Waals surface area contributed by atoms with Gasteiger partial charge in [-0.15, -0.1) is 22.1 Å². The molecule has 0 radical (unpaired) electrons. The number of benzene rings is 5. The first-order chi connectivity index (χ1) is 46.0. The van der Waals surface area contributed by atoms with Crippen molar-refractivity contribution in [3.63, 3.8) is 0 Å². The van der Waals surface area contributed by atoms with E-state index in [4.69, 9.17) is 32.9 Å². The molecule has 4 aromatic heterocycles. The number of para-hydroxylation sites is 4. The van der Waals surface area contributed by atoms with Gasteiger partial charge in [0.05, 0.1) is 29.1 Å². The van der Waals surface area contributed by atoms with Crippen molar-refractivity contribution >= 4 is 103 Å². The van der Waals surface area contributed by atoms with Gasteiger partial charge in [0.25, 0.3) is 5.91 Å². The number of hydrogen-bond donors (Lipinski definition) is 4. The van der Waals surface area contributed by atoms with Gasteiger partial charge in [0.15, 0.2) is 10.1 Å². The van der Waals surface area contributed by atoms with E-state index in [1.54, 1.807) is 18.6 Å². The molecule has 5 aromatic carbocycles. The predicted octanol–water partition coefficient (Wildman–Crippen LogP) is 11.1.